The predicted octanol–water partition coefficient (Wildman–Crippen LogP) is 2.00. The summed E-state index contributed by atoms with van der Waals surface area (Å²) in [5.74, 6) is 1.13. The van der Waals surface area contributed by atoms with Crippen molar-refractivity contribution in [2.75, 3.05) is 30.3 Å². The van der Waals surface area contributed by atoms with Crippen LogP contribution in [-0.4, -0.2) is 34.2 Å². The van der Waals surface area contributed by atoms with E-state index in [4.69, 9.17) is 10.8 Å². The molecule has 1 saturated heterocycles. The fourth-order valence-corrected chi connectivity index (χ4v) is 3.60. The molecular weight excluding hydrogens is 272 g/mol. The average Bonchev–Trinajstić information content (AvgIpc) is 3.07. The highest BCUT2D eigenvalue weighted by Crippen LogP contribution is 2.41. The first-order chi connectivity index (χ1) is 9.79. The number of aliphatic hydroxyl groups excluding tert-OH is 1. The third-order valence-electron chi connectivity index (χ3n) is 3.76. The van der Waals surface area contributed by atoms with Crippen molar-refractivity contribution >= 4 is 22.4 Å². The Morgan fingerprint density at radius 2 is 2.40 bits per heavy atom. The van der Waals surface area contributed by atoms with Crippen molar-refractivity contribution in [2.45, 2.75) is 12.8 Å². The molecule has 3 rings (SSSR count). The Labute approximate surface area is 122 Å². The fraction of sp³-hybridized carbons (Fsp3) is 0.429. The van der Waals surface area contributed by atoms with Crippen LogP contribution in [0.3, 0.4) is 0 Å². The second kappa shape index (κ2) is 5.76. The van der Waals surface area contributed by atoms with Crippen LogP contribution in [0.5, 0.6) is 0 Å². The Morgan fingerprint density at radius 1 is 1.50 bits per heavy atom. The summed E-state index contributed by atoms with van der Waals surface area (Å²) in [6, 6.07) is 3.92. The molecule has 0 spiro atoms. The van der Waals surface area contributed by atoms with Crippen LogP contribution in [0.1, 0.15) is 12.8 Å². The van der Waals surface area contributed by atoms with Crippen LogP contribution in [-0.2, 0) is 0 Å². The molecule has 2 aromatic rings. The van der Waals surface area contributed by atoms with Gasteiger partial charge in [-0.15, -0.1) is 0 Å². The number of nitrogens with zero attached hydrogens (tertiary/aromatic N) is 3. The van der Waals surface area contributed by atoms with Gasteiger partial charge < -0.3 is 15.7 Å². The molecule has 6 heteroatoms. The van der Waals surface area contributed by atoms with Gasteiger partial charge in [0.05, 0.1) is 5.56 Å². The molecule has 1 unspecified atom stereocenters. The first-order valence-electron chi connectivity index (χ1n) is 6.81. The minimum absolute atomic E-state index is 0.263. The smallest absolute Gasteiger partial charge is 0.147 e. The monoisotopic (exact) mass is 290 g/mol. The first-order valence-corrected chi connectivity index (χ1v) is 7.58. The molecule has 1 fully saturated rings. The first kappa shape index (κ1) is 13.3. The van der Waals surface area contributed by atoms with Crippen molar-refractivity contribution in [1.29, 1.82) is 0 Å². The molecule has 2 aromatic heterocycles. The van der Waals surface area contributed by atoms with Crippen LogP contribution in [0.25, 0.3) is 11.1 Å². The van der Waals surface area contributed by atoms with Crippen LogP contribution in [0.4, 0.5) is 10.8 Å². The van der Waals surface area contributed by atoms with Crippen molar-refractivity contribution in [3.05, 3.63) is 24.5 Å². The lowest BCUT2D eigenvalue weighted by molar-refractivity contribution is 0.263. The minimum Gasteiger partial charge on any atom is -0.396 e. The predicted molar refractivity (Wildman–Crippen MR) is 81.8 cm³/mol. The number of nitrogen functional groups attached to an aromatic ring is 1. The van der Waals surface area contributed by atoms with Crippen molar-refractivity contribution in [3.63, 3.8) is 0 Å². The van der Waals surface area contributed by atoms with E-state index in [1.54, 1.807) is 6.20 Å². The molecule has 0 bridgehead atoms. The highest BCUT2D eigenvalue weighted by atomic mass is 32.1. The molecule has 0 radical (unpaired) electrons. The summed E-state index contributed by atoms with van der Waals surface area (Å²) in [4.78, 5) is 6.49. The summed E-state index contributed by atoms with van der Waals surface area (Å²) in [6.45, 7) is 2.23. The molecule has 1 atom stereocenters. The van der Waals surface area contributed by atoms with Crippen molar-refractivity contribution in [3.8, 4) is 11.1 Å². The zero-order valence-electron chi connectivity index (χ0n) is 11.2. The van der Waals surface area contributed by atoms with Gasteiger partial charge in [-0.05, 0) is 36.4 Å². The van der Waals surface area contributed by atoms with E-state index < -0.39 is 0 Å². The van der Waals surface area contributed by atoms with E-state index in [-0.39, 0.29) is 6.61 Å². The fourth-order valence-electron chi connectivity index (χ4n) is 2.73. The molecule has 0 amide bonds. The number of aromatic nitrogens is 2. The van der Waals surface area contributed by atoms with E-state index in [0.717, 1.165) is 42.1 Å². The van der Waals surface area contributed by atoms with Gasteiger partial charge >= 0.3 is 0 Å². The Kier molecular flexibility index (Phi) is 3.84. The summed E-state index contributed by atoms with van der Waals surface area (Å²) >= 11 is 1.45. The maximum Gasteiger partial charge on any atom is 0.147 e. The normalized spacial score (nSPS) is 18.6. The maximum atomic E-state index is 9.06. The summed E-state index contributed by atoms with van der Waals surface area (Å²) < 4.78 is 4.31. The molecule has 0 aliphatic carbocycles. The number of nitrogens with two attached hydrogens (primary N) is 1. The quantitative estimate of drug-likeness (QED) is 0.900. The van der Waals surface area contributed by atoms with Gasteiger partial charge in [0.15, 0.2) is 0 Å². The molecule has 3 N–H and O–H groups in total. The zero-order valence-corrected chi connectivity index (χ0v) is 12.0. The highest BCUT2D eigenvalue weighted by Gasteiger charge is 2.27. The molecule has 20 heavy (non-hydrogen) atoms. The van der Waals surface area contributed by atoms with Crippen LogP contribution in [0, 0.1) is 5.92 Å². The van der Waals surface area contributed by atoms with Gasteiger partial charge in [0.1, 0.15) is 10.8 Å². The lowest BCUT2D eigenvalue weighted by Crippen LogP contribution is -2.19. The molecule has 1 aliphatic heterocycles. The Morgan fingerprint density at radius 3 is 3.15 bits per heavy atom. The standard InChI is InChI=1S/C14H18N4OS/c15-13-12(11-2-1-5-16-8-11)14(20-17-13)18-6-3-10(9-18)4-7-19/h1-2,5,8,10,19H,3-4,6-7,9H2,(H2,15,17). The molecule has 1 aliphatic rings. The van der Waals surface area contributed by atoms with Gasteiger partial charge in [-0.25, -0.2) is 0 Å². The second-order valence-electron chi connectivity index (χ2n) is 5.10. The summed E-state index contributed by atoms with van der Waals surface area (Å²) in [6.07, 6.45) is 5.56. The highest BCUT2D eigenvalue weighted by molar-refractivity contribution is 7.11. The van der Waals surface area contributed by atoms with Gasteiger partial charge in [0, 0.05) is 37.7 Å². The summed E-state index contributed by atoms with van der Waals surface area (Å²) in [7, 11) is 0. The molecule has 0 aromatic carbocycles. The van der Waals surface area contributed by atoms with Crippen LogP contribution < -0.4 is 10.6 Å². The number of hydrogen-bond acceptors (Lipinski definition) is 6. The van der Waals surface area contributed by atoms with Gasteiger partial charge in [0.25, 0.3) is 0 Å². The number of anilines is 2. The van der Waals surface area contributed by atoms with E-state index in [2.05, 4.69) is 14.3 Å². The van der Waals surface area contributed by atoms with Gasteiger partial charge in [-0.2, -0.15) is 4.37 Å². The average molecular weight is 290 g/mol. The van der Waals surface area contributed by atoms with E-state index in [0.29, 0.717) is 11.7 Å². The van der Waals surface area contributed by atoms with Gasteiger partial charge in [-0.1, -0.05) is 6.07 Å². The topological polar surface area (TPSA) is 75.3 Å². The third-order valence-corrected chi connectivity index (χ3v) is 4.68. The molecule has 3 heterocycles. The molecular formula is C14H18N4OS. The maximum absolute atomic E-state index is 9.06. The van der Waals surface area contributed by atoms with Crippen LogP contribution >= 0.6 is 11.5 Å². The minimum atomic E-state index is 0.263. The van der Waals surface area contributed by atoms with Gasteiger partial charge in [-0.3, -0.25) is 4.98 Å². The third kappa shape index (κ3) is 2.48. The Bertz CT molecular complexity index is 572. The summed E-state index contributed by atoms with van der Waals surface area (Å²) in [5.41, 5.74) is 8.05. The van der Waals surface area contributed by atoms with Crippen LogP contribution in [0.2, 0.25) is 0 Å². The van der Waals surface area contributed by atoms with Crippen LogP contribution in [0.15, 0.2) is 24.5 Å². The lowest BCUT2D eigenvalue weighted by atomic mass is 10.1. The number of hydrogen-bond donors (Lipinski definition) is 2. The number of aliphatic hydroxyl groups is 1. The second-order valence-corrected chi connectivity index (χ2v) is 5.85. The zero-order chi connectivity index (χ0) is 13.9. The number of rotatable bonds is 4. The van der Waals surface area contributed by atoms with E-state index in [1.807, 2.05) is 18.3 Å². The van der Waals surface area contributed by atoms with E-state index >= 15 is 0 Å². The van der Waals surface area contributed by atoms with E-state index in [1.165, 1.54) is 11.5 Å². The Hall–Kier alpha value is -1.66. The number of pyridine rings is 1. The van der Waals surface area contributed by atoms with Crippen molar-refractivity contribution in [2.24, 2.45) is 5.92 Å². The SMILES string of the molecule is Nc1nsc(N2CCC(CCO)C2)c1-c1cccnc1. The lowest BCUT2D eigenvalue weighted by Gasteiger charge is -2.18. The van der Waals surface area contributed by atoms with Crippen molar-refractivity contribution in [1.82, 2.24) is 9.36 Å². The molecule has 0 saturated carbocycles. The Balaban J connectivity index is 1.89. The largest absolute Gasteiger partial charge is 0.396 e. The molecule has 5 nitrogen and oxygen atoms in total. The summed E-state index contributed by atoms with van der Waals surface area (Å²) in [5, 5.41) is 10.2. The van der Waals surface area contributed by atoms with Gasteiger partial charge in [0.2, 0.25) is 0 Å². The van der Waals surface area contributed by atoms with E-state index in [9.17, 15) is 0 Å². The van der Waals surface area contributed by atoms with Crippen molar-refractivity contribution < 1.29 is 5.11 Å². The molecule has 106 valence electrons.